The number of aromatic nitrogens is 3. The van der Waals surface area contributed by atoms with Crippen LogP contribution in [-0.2, 0) is 21.9 Å². The van der Waals surface area contributed by atoms with Gasteiger partial charge in [-0.05, 0) is 6.92 Å². The van der Waals surface area contributed by atoms with Crippen LogP contribution < -0.4 is 0 Å². The number of halogens is 4. The SMILES string of the molecule is CCOC(=O)c1nnn(CCOC(F)(F)F)c1CCl. The molecule has 0 fully saturated rings. The van der Waals surface area contributed by atoms with E-state index in [0.717, 1.165) is 4.68 Å². The molecule has 1 rings (SSSR count). The Kier molecular flexibility index (Phi) is 5.55. The van der Waals surface area contributed by atoms with E-state index in [9.17, 15) is 18.0 Å². The molecular formula is C9H11ClF3N3O3. The minimum atomic E-state index is -4.72. The Morgan fingerprint density at radius 2 is 2.16 bits per heavy atom. The van der Waals surface area contributed by atoms with Crippen molar-refractivity contribution in [3.63, 3.8) is 0 Å². The van der Waals surface area contributed by atoms with E-state index in [1.807, 2.05) is 0 Å². The van der Waals surface area contributed by atoms with Crippen molar-refractivity contribution in [2.75, 3.05) is 13.2 Å². The normalized spacial score (nSPS) is 11.6. The van der Waals surface area contributed by atoms with E-state index >= 15 is 0 Å². The first-order chi connectivity index (χ1) is 8.89. The van der Waals surface area contributed by atoms with E-state index in [4.69, 9.17) is 16.3 Å². The van der Waals surface area contributed by atoms with Crippen molar-refractivity contribution < 1.29 is 27.4 Å². The van der Waals surface area contributed by atoms with E-state index in [0.29, 0.717) is 0 Å². The Labute approximate surface area is 111 Å². The molecule has 19 heavy (non-hydrogen) atoms. The third-order valence-electron chi connectivity index (χ3n) is 2.00. The third kappa shape index (κ3) is 4.67. The molecule has 1 aromatic heterocycles. The zero-order chi connectivity index (χ0) is 14.5. The van der Waals surface area contributed by atoms with Crippen LogP contribution in [0.25, 0.3) is 0 Å². The highest BCUT2D eigenvalue weighted by Gasteiger charge is 2.29. The van der Waals surface area contributed by atoms with Crippen LogP contribution in [0.15, 0.2) is 0 Å². The topological polar surface area (TPSA) is 66.2 Å². The van der Waals surface area contributed by atoms with Crippen molar-refractivity contribution in [1.29, 1.82) is 0 Å². The van der Waals surface area contributed by atoms with Crippen LogP contribution >= 0.6 is 11.6 Å². The first kappa shape index (κ1) is 15.7. The molecule has 0 amide bonds. The summed E-state index contributed by atoms with van der Waals surface area (Å²) >= 11 is 5.62. The highest BCUT2D eigenvalue weighted by Crippen LogP contribution is 2.16. The van der Waals surface area contributed by atoms with Gasteiger partial charge in [-0.25, -0.2) is 9.48 Å². The predicted octanol–water partition coefficient (Wildman–Crippen LogP) is 1.73. The summed E-state index contributed by atoms with van der Waals surface area (Å²) in [6.07, 6.45) is -4.72. The van der Waals surface area contributed by atoms with Gasteiger partial charge < -0.3 is 4.74 Å². The van der Waals surface area contributed by atoms with Crippen molar-refractivity contribution in [1.82, 2.24) is 15.0 Å². The largest absolute Gasteiger partial charge is 0.522 e. The fraction of sp³-hybridized carbons (Fsp3) is 0.667. The average molecular weight is 302 g/mol. The summed E-state index contributed by atoms with van der Waals surface area (Å²) in [7, 11) is 0. The van der Waals surface area contributed by atoms with Crippen LogP contribution in [0, 0.1) is 0 Å². The Morgan fingerprint density at radius 1 is 1.47 bits per heavy atom. The molecule has 0 saturated heterocycles. The molecule has 0 aromatic carbocycles. The summed E-state index contributed by atoms with van der Waals surface area (Å²) in [6.45, 7) is 0.872. The van der Waals surface area contributed by atoms with Crippen molar-refractivity contribution in [2.24, 2.45) is 0 Å². The van der Waals surface area contributed by atoms with Gasteiger partial charge in [0.15, 0.2) is 5.69 Å². The number of carbonyl (C=O) groups is 1. The van der Waals surface area contributed by atoms with Crippen molar-refractivity contribution >= 4 is 17.6 Å². The molecule has 0 N–H and O–H groups in total. The molecule has 0 aliphatic carbocycles. The lowest BCUT2D eigenvalue weighted by atomic mass is 10.3. The number of nitrogens with zero attached hydrogens (tertiary/aromatic N) is 3. The van der Waals surface area contributed by atoms with Crippen LogP contribution in [0.3, 0.4) is 0 Å². The molecule has 10 heteroatoms. The fourth-order valence-electron chi connectivity index (χ4n) is 1.25. The summed E-state index contributed by atoms with van der Waals surface area (Å²) in [6, 6.07) is 0. The number of ether oxygens (including phenoxy) is 2. The van der Waals surface area contributed by atoms with E-state index in [1.54, 1.807) is 6.92 Å². The van der Waals surface area contributed by atoms with Gasteiger partial charge in [-0.1, -0.05) is 5.21 Å². The zero-order valence-electron chi connectivity index (χ0n) is 9.91. The molecule has 108 valence electrons. The van der Waals surface area contributed by atoms with Crippen LogP contribution in [0.2, 0.25) is 0 Å². The molecule has 0 aliphatic rings. The van der Waals surface area contributed by atoms with Gasteiger partial charge in [-0.2, -0.15) is 0 Å². The van der Waals surface area contributed by atoms with Crippen LogP contribution in [0.4, 0.5) is 13.2 Å². The maximum absolute atomic E-state index is 11.8. The minimum absolute atomic E-state index is 0.108. The van der Waals surface area contributed by atoms with Crippen LogP contribution in [0.1, 0.15) is 23.1 Å². The number of carbonyl (C=O) groups excluding carboxylic acids is 1. The van der Waals surface area contributed by atoms with Gasteiger partial charge in [0, 0.05) is 0 Å². The highest BCUT2D eigenvalue weighted by atomic mass is 35.5. The lowest BCUT2D eigenvalue weighted by Crippen LogP contribution is -2.19. The smallest absolute Gasteiger partial charge is 0.461 e. The summed E-state index contributed by atoms with van der Waals surface area (Å²) in [5, 5.41) is 7.08. The Balaban J connectivity index is 2.72. The Hall–Kier alpha value is -1.35. The Bertz CT molecular complexity index is 436. The van der Waals surface area contributed by atoms with Crippen molar-refractivity contribution in [2.45, 2.75) is 25.7 Å². The molecule has 1 aromatic rings. The van der Waals surface area contributed by atoms with Crippen molar-refractivity contribution in [3.05, 3.63) is 11.4 Å². The summed E-state index contributed by atoms with van der Waals surface area (Å²) in [4.78, 5) is 11.5. The number of esters is 1. The number of hydrogen-bond acceptors (Lipinski definition) is 5. The fourth-order valence-corrected chi connectivity index (χ4v) is 1.52. The minimum Gasteiger partial charge on any atom is -0.461 e. The molecule has 0 saturated carbocycles. The second-order valence-electron chi connectivity index (χ2n) is 3.26. The lowest BCUT2D eigenvalue weighted by Gasteiger charge is -2.08. The number of hydrogen-bond donors (Lipinski definition) is 0. The molecule has 0 atom stereocenters. The summed E-state index contributed by atoms with van der Waals surface area (Å²) in [5.41, 5.74) is 0.0785. The van der Waals surface area contributed by atoms with Gasteiger partial charge in [-0.15, -0.1) is 29.9 Å². The molecule has 1 heterocycles. The molecule has 0 aliphatic heterocycles. The maximum Gasteiger partial charge on any atom is 0.522 e. The highest BCUT2D eigenvalue weighted by molar-refractivity contribution is 6.17. The van der Waals surface area contributed by atoms with Gasteiger partial charge in [0.25, 0.3) is 0 Å². The third-order valence-corrected chi connectivity index (χ3v) is 2.25. The van der Waals surface area contributed by atoms with E-state index in [1.165, 1.54) is 0 Å². The van der Waals surface area contributed by atoms with E-state index < -0.39 is 18.9 Å². The molecule has 0 unspecified atom stereocenters. The lowest BCUT2D eigenvalue weighted by molar-refractivity contribution is -0.325. The summed E-state index contributed by atoms with van der Waals surface area (Å²) in [5.74, 6) is -0.853. The second kappa shape index (κ2) is 6.71. The number of rotatable bonds is 6. The molecular weight excluding hydrogens is 291 g/mol. The predicted molar refractivity (Wildman–Crippen MR) is 57.5 cm³/mol. The monoisotopic (exact) mass is 301 g/mol. The van der Waals surface area contributed by atoms with E-state index in [2.05, 4.69) is 15.0 Å². The van der Waals surface area contributed by atoms with Gasteiger partial charge in [0.05, 0.1) is 31.3 Å². The molecule has 0 bridgehead atoms. The average Bonchev–Trinajstić information content (AvgIpc) is 2.70. The number of alkyl halides is 4. The second-order valence-corrected chi connectivity index (χ2v) is 3.52. The first-order valence-electron chi connectivity index (χ1n) is 5.25. The summed E-state index contributed by atoms with van der Waals surface area (Å²) < 4.78 is 44.8. The van der Waals surface area contributed by atoms with Gasteiger partial charge in [-0.3, -0.25) is 4.74 Å². The van der Waals surface area contributed by atoms with Crippen LogP contribution in [-0.4, -0.2) is 40.5 Å². The first-order valence-corrected chi connectivity index (χ1v) is 5.78. The quantitative estimate of drug-likeness (QED) is 0.591. The van der Waals surface area contributed by atoms with Gasteiger partial charge >= 0.3 is 12.3 Å². The molecule has 0 radical (unpaired) electrons. The van der Waals surface area contributed by atoms with Gasteiger partial charge in [0.1, 0.15) is 0 Å². The maximum atomic E-state index is 11.8. The Morgan fingerprint density at radius 3 is 2.68 bits per heavy atom. The molecule has 0 spiro atoms. The van der Waals surface area contributed by atoms with Gasteiger partial charge in [0.2, 0.25) is 0 Å². The standard InChI is InChI=1S/C9H11ClF3N3O3/c1-2-18-8(17)7-6(5-10)16(15-14-7)3-4-19-9(11,12)13/h2-5H2,1H3. The van der Waals surface area contributed by atoms with Crippen molar-refractivity contribution in [3.8, 4) is 0 Å². The zero-order valence-corrected chi connectivity index (χ0v) is 10.7. The van der Waals surface area contributed by atoms with Crippen LogP contribution in [0.5, 0.6) is 0 Å². The molecule has 6 nitrogen and oxygen atoms in total. The van der Waals surface area contributed by atoms with E-state index in [-0.39, 0.29) is 30.4 Å².